The summed E-state index contributed by atoms with van der Waals surface area (Å²) in [6.45, 7) is 0. The van der Waals surface area contributed by atoms with E-state index < -0.39 is 5.91 Å². The molecule has 0 saturated carbocycles. The molecule has 0 aromatic carbocycles. The number of rotatable bonds is 1. The molecule has 0 bridgehead atoms. The van der Waals surface area contributed by atoms with Gasteiger partial charge in [-0.25, -0.2) is 0 Å². The Bertz CT molecular complexity index is 212. The van der Waals surface area contributed by atoms with E-state index in [1.807, 2.05) is 0 Å². The van der Waals surface area contributed by atoms with E-state index >= 15 is 0 Å². The number of aromatic nitrogens is 1. The van der Waals surface area contributed by atoms with Gasteiger partial charge in [0, 0.05) is 6.20 Å². The first-order valence-electron chi connectivity index (χ1n) is 2.51. The maximum atomic E-state index is 10.4. The normalized spacial score (nSPS) is 8.00. The van der Waals surface area contributed by atoms with Gasteiger partial charge in [0.1, 0.15) is 5.69 Å². The second kappa shape index (κ2) is 4.12. The zero-order valence-electron chi connectivity index (χ0n) is 5.45. The first-order valence-corrected chi connectivity index (χ1v) is 2.51. The van der Waals surface area contributed by atoms with Crippen LogP contribution in [0, 0.1) is 0 Å². The van der Waals surface area contributed by atoms with Crippen molar-refractivity contribution < 1.29 is 24.3 Å². The van der Waals surface area contributed by atoms with Crippen LogP contribution in [0.3, 0.4) is 0 Å². The van der Waals surface area contributed by atoms with Crippen molar-refractivity contribution in [2.75, 3.05) is 0 Å². The first-order chi connectivity index (χ1) is 4.30. The topological polar surface area (TPSA) is 56.0 Å². The molecule has 3 nitrogen and oxygen atoms in total. The standard InChI is InChI=1S/C6H6N2O.Zn/c7-6(9)5-3-1-2-4-8-5;/h1-4H,(H2,7,9);/q;+2. The van der Waals surface area contributed by atoms with Crippen LogP contribution in [0.2, 0.25) is 0 Å². The van der Waals surface area contributed by atoms with Crippen LogP contribution >= 0.6 is 0 Å². The van der Waals surface area contributed by atoms with Crippen LogP contribution in [0.1, 0.15) is 10.5 Å². The predicted octanol–water partition coefficient (Wildman–Crippen LogP) is 0.178. The Morgan fingerprint density at radius 1 is 1.50 bits per heavy atom. The fourth-order valence-electron chi connectivity index (χ4n) is 0.509. The third kappa shape index (κ3) is 2.23. The molecule has 0 unspecified atom stereocenters. The first kappa shape index (κ1) is 9.24. The predicted molar refractivity (Wildman–Crippen MR) is 32.8 cm³/mol. The minimum atomic E-state index is -0.490. The number of hydrogen-bond acceptors (Lipinski definition) is 2. The van der Waals surface area contributed by atoms with Gasteiger partial charge in [0.25, 0.3) is 5.91 Å². The van der Waals surface area contributed by atoms with Crippen molar-refractivity contribution in [3.8, 4) is 0 Å². The summed E-state index contributed by atoms with van der Waals surface area (Å²) in [4.78, 5) is 14.1. The van der Waals surface area contributed by atoms with E-state index in [0.29, 0.717) is 5.69 Å². The summed E-state index contributed by atoms with van der Waals surface area (Å²) < 4.78 is 0. The summed E-state index contributed by atoms with van der Waals surface area (Å²) in [6.07, 6.45) is 1.53. The van der Waals surface area contributed by atoms with Crippen LogP contribution in [0.15, 0.2) is 24.4 Å². The monoisotopic (exact) mass is 186 g/mol. The molecule has 1 aromatic rings. The molecule has 0 aliphatic carbocycles. The smallest absolute Gasteiger partial charge is 0.364 e. The SMILES string of the molecule is NC(=O)c1ccccn1.[Zn+2]. The van der Waals surface area contributed by atoms with Crippen molar-refractivity contribution >= 4 is 5.91 Å². The molecule has 0 aliphatic heterocycles. The van der Waals surface area contributed by atoms with Crippen LogP contribution in [-0.2, 0) is 19.5 Å². The minimum absolute atomic E-state index is 0. The number of pyridine rings is 1. The van der Waals surface area contributed by atoms with E-state index in [4.69, 9.17) is 5.73 Å². The largest absolute Gasteiger partial charge is 2.00 e. The Hall–Kier alpha value is -0.757. The van der Waals surface area contributed by atoms with Gasteiger partial charge >= 0.3 is 19.5 Å². The Morgan fingerprint density at radius 3 is 2.50 bits per heavy atom. The van der Waals surface area contributed by atoms with Crippen molar-refractivity contribution in [1.29, 1.82) is 0 Å². The van der Waals surface area contributed by atoms with Gasteiger partial charge in [0.15, 0.2) is 0 Å². The molecule has 0 atom stereocenters. The number of hydrogen-bond donors (Lipinski definition) is 1. The fourth-order valence-corrected chi connectivity index (χ4v) is 0.509. The molecule has 0 spiro atoms. The van der Waals surface area contributed by atoms with E-state index in [9.17, 15) is 4.79 Å². The molecule has 0 radical (unpaired) electrons. The molecular formula is C6H6N2OZn+2. The van der Waals surface area contributed by atoms with Crippen LogP contribution in [0.25, 0.3) is 0 Å². The Balaban J connectivity index is 0.000000810. The second-order valence-electron chi connectivity index (χ2n) is 1.58. The Morgan fingerprint density at radius 2 is 2.20 bits per heavy atom. The molecule has 1 aromatic heterocycles. The molecule has 1 amide bonds. The van der Waals surface area contributed by atoms with Gasteiger partial charge < -0.3 is 5.73 Å². The van der Waals surface area contributed by atoms with Gasteiger partial charge in [-0.05, 0) is 12.1 Å². The average molecular weight is 188 g/mol. The molecule has 0 aliphatic rings. The van der Waals surface area contributed by atoms with Gasteiger partial charge in [-0.1, -0.05) is 6.07 Å². The van der Waals surface area contributed by atoms with Gasteiger partial charge in [0.2, 0.25) is 0 Å². The van der Waals surface area contributed by atoms with Gasteiger partial charge in [0.05, 0.1) is 0 Å². The number of carbonyl (C=O) groups is 1. The molecule has 4 heteroatoms. The Kier molecular flexibility index (Phi) is 3.81. The van der Waals surface area contributed by atoms with E-state index in [1.165, 1.54) is 6.20 Å². The number of primary amides is 1. The van der Waals surface area contributed by atoms with E-state index in [0.717, 1.165) is 0 Å². The molecule has 2 N–H and O–H groups in total. The molecule has 0 saturated heterocycles. The molecule has 1 rings (SSSR count). The number of amides is 1. The van der Waals surface area contributed by atoms with E-state index in [1.54, 1.807) is 18.2 Å². The summed E-state index contributed by atoms with van der Waals surface area (Å²) in [5, 5.41) is 0. The molecule has 0 fully saturated rings. The van der Waals surface area contributed by atoms with Crippen LogP contribution in [0.4, 0.5) is 0 Å². The summed E-state index contributed by atoms with van der Waals surface area (Å²) in [7, 11) is 0. The van der Waals surface area contributed by atoms with Crippen molar-refractivity contribution in [2.24, 2.45) is 5.73 Å². The van der Waals surface area contributed by atoms with E-state index in [-0.39, 0.29) is 19.5 Å². The van der Waals surface area contributed by atoms with Gasteiger partial charge in [-0.3, -0.25) is 9.78 Å². The van der Waals surface area contributed by atoms with Crippen molar-refractivity contribution in [3.63, 3.8) is 0 Å². The van der Waals surface area contributed by atoms with Gasteiger partial charge in [-0.2, -0.15) is 0 Å². The number of nitrogens with zero attached hydrogens (tertiary/aromatic N) is 1. The summed E-state index contributed by atoms with van der Waals surface area (Å²) in [5.41, 5.74) is 5.22. The summed E-state index contributed by atoms with van der Waals surface area (Å²) >= 11 is 0. The quantitative estimate of drug-likeness (QED) is 0.638. The Labute approximate surface area is 71.4 Å². The molecule has 10 heavy (non-hydrogen) atoms. The fraction of sp³-hybridized carbons (Fsp3) is 0. The summed E-state index contributed by atoms with van der Waals surface area (Å²) in [5.74, 6) is -0.490. The van der Waals surface area contributed by atoms with Crippen molar-refractivity contribution in [1.82, 2.24) is 4.98 Å². The third-order valence-corrected chi connectivity index (χ3v) is 0.917. The summed E-state index contributed by atoms with van der Waals surface area (Å²) in [6, 6.07) is 5.02. The van der Waals surface area contributed by atoms with Gasteiger partial charge in [-0.15, -0.1) is 0 Å². The molecular weight excluding hydrogens is 181 g/mol. The van der Waals surface area contributed by atoms with Crippen LogP contribution in [-0.4, -0.2) is 10.9 Å². The molecule has 46 valence electrons. The van der Waals surface area contributed by atoms with Crippen LogP contribution in [0.5, 0.6) is 0 Å². The maximum absolute atomic E-state index is 10.4. The zero-order valence-corrected chi connectivity index (χ0v) is 8.42. The van der Waals surface area contributed by atoms with E-state index in [2.05, 4.69) is 4.98 Å². The average Bonchev–Trinajstić information content (AvgIpc) is 1.90. The van der Waals surface area contributed by atoms with Crippen LogP contribution < -0.4 is 5.73 Å². The minimum Gasteiger partial charge on any atom is -0.364 e. The number of nitrogens with two attached hydrogens (primary N) is 1. The maximum Gasteiger partial charge on any atom is 2.00 e. The molecule has 1 heterocycles. The number of carbonyl (C=O) groups excluding carboxylic acids is 1. The second-order valence-corrected chi connectivity index (χ2v) is 1.58. The third-order valence-electron chi connectivity index (χ3n) is 0.917. The van der Waals surface area contributed by atoms with Crippen molar-refractivity contribution in [2.45, 2.75) is 0 Å². The zero-order chi connectivity index (χ0) is 6.69. The van der Waals surface area contributed by atoms with Crippen molar-refractivity contribution in [3.05, 3.63) is 30.1 Å².